The number of carbonyl (C=O) groups is 1. The fraction of sp³-hybridized carbons (Fsp3) is 0.565. The van der Waals surface area contributed by atoms with Gasteiger partial charge in [0.05, 0.1) is 13.1 Å². The number of aromatic nitrogens is 3. The van der Waals surface area contributed by atoms with Gasteiger partial charge in [-0.1, -0.05) is 24.3 Å². The summed E-state index contributed by atoms with van der Waals surface area (Å²) in [4.78, 5) is 18.4. The fourth-order valence-electron chi connectivity index (χ4n) is 3.44. The first-order chi connectivity index (χ1) is 15.2. The average Bonchev–Trinajstić information content (AvgIpc) is 3.34. The Balaban J connectivity index is 1.53. The quantitative estimate of drug-likeness (QED) is 0.507. The lowest BCUT2D eigenvalue weighted by Gasteiger charge is -2.24. The number of rotatable bonds is 7. The maximum absolute atomic E-state index is 12.1. The van der Waals surface area contributed by atoms with Crippen LogP contribution in [0.3, 0.4) is 0 Å². The maximum atomic E-state index is 12.1. The average molecular weight is 442 g/mol. The largest absolute Gasteiger partial charge is 0.444 e. The smallest absolute Gasteiger partial charge is 0.410 e. The molecule has 0 spiro atoms. The molecular formula is C23H35N7O2. The minimum Gasteiger partial charge on any atom is -0.444 e. The van der Waals surface area contributed by atoms with Crippen LogP contribution >= 0.6 is 0 Å². The van der Waals surface area contributed by atoms with E-state index in [1.807, 2.05) is 52.0 Å². The highest BCUT2D eigenvalue weighted by atomic mass is 16.6. The number of amides is 1. The molecule has 2 N–H and O–H groups in total. The van der Waals surface area contributed by atoms with Gasteiger partial charge in [0.2, 0.25) is 0 Å². The summed E-state index contributed by atoms with van der Waals surface area (Å²) in [6.45, 7) is 11.0. The van der Waals surface area contributed by atoms with E-state index in [1.54, 1.807) is 11.9 Å². The lowest BCUT2D eigenvalue weighted by Crippen LogP contribution is -2.37. The topological polar surface area (TPSA) is 96.7 Å². The first-order valence-electron chi connectivity index (χ1n) is 11.2. The molecule has 3 rings (SSSR count). The monoisotopic (exact) mass is 441 g/mol. The lowest BCUT2D eigenvalue weighted by atomic mass is 10.1. The van der Waals surface area contributed by atoms with E-state index in [1.165, 1.54) is 0 Å². The van der Waals surface area contributed by atoms with Crippen molar-refractivity contribution in [2.75, 3.05) is 13.6 Å². The van der Waals surface area contributed by atoms with Crippen molar-refractivity contribution in [1.82, 2.24) is 30.3 Å². The third-order valence-corrected chi connectivity index (χ3v) is 5.01. The molecule has 0 radical (unpaired) electrons. The van der Waals surface area contributed by atoms with Gasteiger partial charge in [0, 0.05) is 33.1 Å². The minimum absolute atomic E-state index is 0.328. The fourth-order valence-corrected chi connectivity index (χ4v) is 3.44. The Morgan fingerprint density at radius 1 is 1.19 bits per heavy atom. The van der Waals surface area contributed by atoms with E-state index in [9.17, 15) is 4.79 Å². The van der Waals surface area contributed by atoms with Gasteiger partial charge in [0.1, 0.15) is 11.4 Å². The van der Waals surface area contributed by atoms with Crippen LogP contribution in [-0.4, -0.2) is 50.9 Å². The molecule has 0 bridgehead atoms. The normalized spacial score (nSPS) is 13.6. The van der Waals surface area contributed by atoms with Gasteiger partial charge in [0.25, 0.3) is 0 Å². The predicted octanol–water partition coefficient (Wildman–Crippen LogP) is 2.85. The second-order valence-electron chi connectivity index (χ2n) is 8.99. The van der Waals surface area contributed by atoms with Crippen LogP contribution in [0.25, 0.3) is 0 Å². The van der Waals surface area contributed by atoms with Crippen LogP contribution in [-0.2, 0) is 37.3 Å². The summed E-state index contributed by atoms with van der Waals surface area (Å²) in [5, 5.41) is 15.2. The number of guanidine groups is 1. The number of aliphatic imine (C=N–C) groups is 1. The number of nitrogens with zero attached hydrogens (tertiary/aromatic N) is 5. The van der Waals surface area contributed by atoms with Crippen LogP contribution in [0.1, 0.15) is 56.9 Å². The predicted molar refractivity (Wildman–Crippen MR) is 124 cm³/mol. The molecule has 1 aliphatic rings. The van der Waals surface area contributed by atoms with Gasteiger partial charge in [-0.3, -0.25) is 0 Å². The highest BCUT2D eigenvalue weighted by molar-refractivity contribution is 5.79. The Morgan fingerprint density at radius 2 is 1.91 bits per heavy atom. The van der Waals surface area contributed by atoms with E-state index in [0.29, 0.717) is 19.6 Å². The van der Waals surface area contributed by atoms with Crippen molar-refractivity contribution < 1.29 is 9.53 Å². The maximum Gasteiger partial charge on any atom is 0.410 e. The van der Waals surface area contributed by atoms with Crippen LogP contribution in [0.2, 0.25) is 0 Å². The molecule has 0 saturated carbocycles. The molecule has 2 aromatic rings. The third kappa shape index (κ3) is 6.70. The van der Waals surface area contributed by atoms with E-state index >= 15 is 0 Å². The van der Waals surface area contributed by atoms with Crippen molar-refractivity contribution in [1.29, 1.82) is 0 Å². The zero-order valence-electron chi connectivity index (χ0n) is 19.8. The number of carbonyl (C=O) groups excluding carboxylic acids is 1. The molecule has 0 saturated heterocycles. The summed E-state index contributed by atoms with van der Waals surface area (Å²) in [6, 6.07) is 8.12. The molecule has 32 heavy (non-hydrogen) atoms. The van der Waals surface area contributed by atoms with Crippen LogP contribution in [0, 0.1) is 0 Å². The van der Waals surface area contributed by atoms with Gasteiger partial charge in [0.15, 0.2) is 11.8 Å². The van der Waals surface area contributed by atoms with Crippen LogP contribution < -0.4 is 10.6 Å². The zero-order chi connectivity index (χ0) is 23.1. The SMILES string of the molecule is CCNC(=NCc1ccc(CN(C)C(=O)OC(C)(C)C)cc1)NCc1nnc2n1CCC2. The zero-order valence-corrected chi connectivity index (χ0v) is 19.8. The summed E-state index contributed by atoms with van der Waals surface area (Å²) in [7, 11) is 1.74. The number of nitrogens with one attached hydrogen (secondary N) is 2. The Labute approximate surface area is 190 Å². The second-order valence-corrected chi connectivity index (χ2v) is 8.99. The number of ether oxygens (including phenoxy) is 1. The molecule has 1 aliphatic heterocycles. The van der Waals surface area contributed by atoms with E-state index in [0.717, 1.165) is 54.7 Å². The van der Waals surface area contributed by atoms with Crippen molar-refractivity contribution in [2.45, 2.75) is 72.3 Å². The number of hydrogen-bond donors (Lipinski definition) is 2. The van der Waals surface area contributed by atoms with E-state index in [2.05, 4.69) is 30.4 Å². The molecular weight excluding hydrogens is 406 g/mol. The van der Waals surface area contributed by atoms with E-state index < -0.39 is 5.60 Å². The van der Waals surface area contributed by atoms with E-state index in [-0.39, 0.29) is 6.09 Å². The van der Waals surface area contributed by atoms with Crippen molar-refractivity contribution in [3.8, 4) is 0 Å². The van der Waals surface area contributed by atoms with Gasteiger partial charge in [-0.25, -0.2) is 9.79 Å². The molecule has 0 atom stereocenters. The molecule has 1 aromatic carbocycles. The Hall–Kier alpha value is -3.10. The highest BCUT2D eigenvalue weighted by Gasteiger charge is 2.19. The first-order valence-corrected chi connectivity index (χ1v) is 11.2. The number of aryl methyl sites for hydroxylation is 1. The molecule has 9 heteroatoms. The van der Waals surface area contributed by atoms with Crippen LogP contribution in [0.5, 0.6) is 0 Å². The van der Waals surface area contributed by atoms with Crippen molar-refractivity contribution in [3.05, 3.63) is 47.0 Å². The summed E-state index contributed by atoms with van der Waals surface area (Å²) in [5.41, 5.74) is 1.63. The van der Waals surface area contributed by atoms with Crippen LogP contribution in [0.4, 0.5) is 4.79 Å². The summed E-state index contributed by atoms with van der Waals surface area (Å²) in [5.74, 6) is 2.76. The molecule has 9 nitrogen and oxygen atoms in total. The standard InChI is InChI=1S/C23H35N7O2/c1-6-24-21(26-15-20-28-27-19-8-7-13-30(19)20)25-14-17-9-11-18(12-10-17)16-29(5)22(31)32-23(2,3)4/h9-12H,6-8,13-16H2,1-5H3,(H2,24,25,26). The van der Waals surface area contributed by atoms with Crippen molar-refractivity contribution in [3.63, 3.8) is 0 Å². The molecule has 2 heterocycles. The first kappa shape index (κ1) is 23.6. The van der Waals surface area contributed by atoms with Gasteiger partial charge >= 0.3 is 6.09 Å². The Kier molecular flexibility index (Phi) is 7.71. The minimum atomic E-state index is -0.500. The van der Waals surface area contributed by atoms with Crippen molar-refractivity contribution >= 4 is 12.1 Å². The van der Waals surface area contributed by atoms with Gasteiger partial charge in [-0.15, -0.1) is 10.2 Å². The molecule has 0 aliphatic carbocycles. The summed E-state index contributed by atoms with van der Waals surface area (Å²) < 4.78 is 7.59. The van der Waals surface area contributed by atoms with Gasteiger partial charge < -0.3 is 24.8 Å². The Morgan fingerprint density at radius 3 is 2.59 bits per heavy atom. The lowest BCUT2D eigenvalue weighted by molar-refractivity contribution is 0.0285. The molecule has 0 fully saturated rings. The van der Waals surface area contributed by atoms with Gasteiger partial charge in [-0.2, -0.15) is 0 Å². The number of fused-ring (bicyclic) bond motifs is 1. The third-order valence-electron chi connectivity index (χ3n) is 5.01. The van der Waals surface area contributed by atoms with Crippen LogP contribution in [0.15, 0.2) is 29.3 Å². The summed E-state index contributed by atoms with van der Waals surface area (Å²) in [6.07, 6.45) is 1.81. The Bertz CT molecular complexity index is 929. The molecule has 174 valence electrons. The molecule has 1 amide bonds. The molecule has 1 aromatic heterocycles. The number of benzene rings is 1. The van der Waals surface area contributed by atoms with E-state index in [4.69, 9.17) is 4.74 Å². The second kappa shape index (κ2) is 10.5. The highest BCUT2D eigenvalue weighted by Crippen LogP contribution is 2.14. The van der Waals surface area contributed by atoms with Crippen molar-refractivity contribution in [2.24, 2.45) is 4.99 Å². The van der Waals surface area contributed by atoms with Gasteiger partial charge in [-0.05, 0) is 45.2 Å². The molecule has 0 unspecified atom stereocenters. The number of hydrogen-bond acceptors (Lipinski definition) is 5. The summed E-state index contributed by atoms with van der Waals surface area (Å²) >= 11 is 0.